The summed E-state index contributed by atoms with van der Waals surface area (Å²) in [6, 6.07) is 8.51. The van der Waals surface area contributed by atoms with Crippen LogP contribution in [0, 0.1) is 0 Å². The molecule has 7 heteroatoms. The number of hydrogen-bond acceptors (Lipinski definition) is 4. The number of nitrogens with two attached hydrogens (primary N) is 1. The Balaban J connectivity index is 2.22. The van der Waals surface area contributed by atoms with E-state index in [1.54, 1.807) is 0 Å². The molecule has 0 radical (unpaired) electrons. The van der Waals surface area contributed by atoms with Gasteiger partial charge in [-0.3, -0.25) is 0 Å². The van der Waals surface area contributed by atoms with E-state index in [9.17, 15) is 18.0 Å². The molecule has 0 aliphatic heterocycles. The van der Waals surface area contributed by atoms with Crippen LogP contribution >= 0.6 is 0 Å². The number of carbonyl (C=O) groups excluding carboxylic acids is 1. The van der Waals surface area contributed by atoms with E-state index >= 15 is 0 Å². The standard InChI is InChI=1S/C15H12F3NO3/c1-21-14(20)12-8-11(6-7-13(12)19)22-10-4-2-9(3-5-10)15(16,17)18/h2-8H,19H2,1H3. The molecule has 2 aromatic rings. The largest absolute Gasteiger partial charge is 0.465 e. The molecule has 0 fully saturated rings. The molecule has 0 unspecified atom stereocenters. The fourth-order valence-electron chi connectivity index (χ4n) is 1.73. The highest BCUT2D eigenvalue weighted by Crippen LogP contribution is 2.32. The molecule has 0 saturated heterocycles. The number of alkyl halides is 3. The lowest BCUT2D eigenvalue weighted by molar-refractivity contribution is -0.137. The van der Waals surface area contributed by atoms with Crippen molar-refractivity contribution in [2.75, 3.05) is 12.8 Å². The summed E-state index contributed by atoms with van der Waals surface area (Å²) in [5, 5.41) is 0. The summed E-state index contributed by atoms with van der Waals surface area (Å²) in [5.41, 5.74) is 5.21. The average Bonchev–Trinajstić information content (AvgIpc) is 2.48. The van der Waals surface area contributed by atoms with Gasteiger partial charge in [0.2, 0.25) is 0 Å². The van der Waals surface area contributed by atoms with Gasteiger partial charge in [0, 0.05) is 5.69 Å². The third-order valence-electron chi connectivity index (χ3n) is 2.85. The van der Waals surface area contributed by atoms with Gasteiger partial charge in [0.1, 0.15) is 11.5 Å². The van der Waals surface area contributed by atoms with E-state index < -0.39 is 17.7 Å². The van der Waals surface area contributed by atoms with Crippen molar-refractivity contribution in [3.8, 4) is 11.5 Å². The second-order valence-corrected chi connectivity index (χ2v) is 4.36. The molecule has 0 spiro atoms. The minimum atomic E-state index is -4.40. The summed E-state index contributed by atoms with van der Waals surface area (Å²) in [6.45, 7) is 0. The normalized spacial score (nSPS) is 11.1. The van der Waals surface area contributed by atoms with Gasteiger partial charge in [-0.1, -0.05) is 0 Å². The van der Waals surface area contributed by atoms with Crippen LogP contribution in [0.3, 0.4) is 0 Å². The van der Waals surface area contributed by atoms with Crippen LogP contribution in [-0.2, 0) is 10.9 Å². The Morgan fingerprint density at radius 1 is 1.05 bits per heavy atom. The van der Waals surface area contributed by atoms with Gasteiger partial charge in [-0.2, -0.15) is 13.2 Å². The molecule has 2 rings (SSSR count). The number of esters is 1. The van der Waals surface area contributed by atoms with Gasteiger partial charge in [-0.05, 0) is 42.5 Å². The first-order valence-electron chi connectivity index (χ1n) is 6.14. The topological polar surface area (TPSA) is 61.5 Å². The fourth-order valence-corrected chi connectivity index (χ4v) is 1.73. The van der Waals surface area contributed by atoms with Gasteiger partial charge < -0.3 is 15.2 Å². The van der Waals surface area contributed by atoms with Crippen molar-refractivity contribution in [3.05, 3.63) is 53.6 Å². The van der Waals surface area contributed by atoms with Gasteiger partial charge >= 0.3 is 12.1 Å². The molecule has 0 aromatic heterocycles. The number of rotatable bonds is 3. The van der Waals surface area contributed by atoms with Crippen molar-refractivity contribution in [2.24, 2.45) is 0 Å². The van der Waals surface area contributed by atoms with Crippen LogP contribution in [-0.4, -0.2) is 13.1 Å². The molecule has 0 atom stereocenters. The first-order valence-corrected chi connectivity index (χ1v) is 6.14. The highest BCUT2D eigenvalue weighted by atomic mass is 19.4. The van der Waals surface area contributed by atoms with Crippen LogP contribution in [0.15, 0.2) is 42.5 Å². The fraction of sp³-hybridized carbons (Fsp3) is 0.133. The quantitative estimate of drug-likeness (QED) is 0.690. The molecule has 0 aliphatic carbocycles. The Morgan fingerprint density at radius 2 is 1.64 bits per heavy atom. The predicted octanol–water partition coefficient (Wildman–Crippen LogP) is 3.87. The van der Waals surface area contributed by atoms with Gasteiger partial charge in [-0.25, -0.2) is 4.79 Å². The van der Waals surface area contributed by atoms with Crippen LogP contribution in [0.25, 0.3) is 0 Å². The van der Waals surface area contributed by atoms with E-state index in [1.807, 2.05) is 0 Å². The number of halogens is 3. The van der Waals surface area contributed by atoms with Gasteiger partial charge in [0.25, 0.3) is 0 Å². The van der Waals surface area contributed by atoms with Crippen molar-refractivity contribution < 1.29 is 27.4 Å². The highest BCUT2D eigenvalue weighted by molar-refractivity contribution is 5.95. The number of hydrogen-bond donors (Lipinski definition) is 1. The van der Waals surface area contributed by atoms with Gasteiger partial charge in [-0.15, -0.1) is 0 Å². The Morgan fingerprint density at radius 3 is 2.18 bits per heavy atom. The Kier molecular flexibility index (Phi) is 4.25. The van der Waals surface area contributed by atoms with Gasteiger partial charge in [0.15, 0.2) is 0 Å². The number of ether oxygens (including phenoxy) is 2. The number of methoxy groups -OCH3 is 1. The van der Waals surface area contributed by atoms with Crippen molar-refractivity contribution in [1.29, 1.82) is 0 Å². The molecule has 2 N–H and O–H groups in total. The van der Waals surface area contributed by atoms with Crippen molar-refractivity contribution in [3.63, 3.8) is 0 Å². The van der Waals surface area contributed by atoms with Crippen molar-refractivity contribution >= 4 is 11.7 Å². The van der Waals surface area contributed by atoms with Crippen LogP contribution in [0.1, 0.15) is 15.9 Å². The average molecular weight is 311 g/mol. The first-order chi connectivity index (χ1) is 10.3. The lowest BCUT2D eigenvalue weighted by Crippen LogP contribution is -2.06. The molecule has 0 heterocycles. The predicted molar refractivity (Wildman–Crippen MR) is 73.7 cm³/mol. The van der Waals surface area contributed by atoms with Crippen LogP contribution < -0.4 is 10.5 Å². The molecule has 2 aromatic carbocycles. The highest BCUT2D eigenvalue weighted by Gasteiger charge is 2.30. The molecule has 4 nitrogen and oxygen atoms in total. The third kappa shape index (κ3) is 3.49. The molecular formula is C15H12F3NO3. The molecule has 0 bridgehead atoms. The maximum atomic E-state index is 12.5. The lowest BCUT2D eigenvalue weighted by atomic mass is 10.1. The third-order valence-corrected chi connectivity index (χ3v) is 2.85. The SMILES string of the molecule is COC(=O)c1cc(Oc2ccc(C(F)(F)F)cc2)ccc1N. The Labute approximate surface area is 124 Å². The second kappa shape index (κ2) is 5.97. The first kappa shape index (κ1) is 15.7. The van der Waals surface area contributed by atoms with E-state index in [-0.39, 0.29) is 22.7 Å². The van der Waals surface area contributed by atoms with Crippen LogP contribution in [0.4, 0.5) is 18.9 Å². The molecule has 0 amide bonds. The zero-order valence-electron chi connectivity index (χ0n) is 11.5. The van der Waals surface area contributed by atoms with Crippen LogP contribution in [0.2, 0.25) is 0 Å². The summed E-state index contributed by atoms with van der Waals surface area (Å²) in [7, 11) is 1.21. The molecular weight excluding hydrogens is 299 g/mol. The lowest BCUT2D eigenvalue weighted by Gasteiger charge is -2.10. The molecule has 116 valence electrons. The zero-order valence-corrected chi connectivity index (χ0v) is 11.5. The summed E-state index contributed by atoms with van der Waals surface area (Å²) in [4.78, 5) is 11.5. The van der Waals surface area contributed by atoms with E-state index in [4.69, 9.17) is 10.5 Å². The van der Waals surface area contributed by atoms with Crippen molar-refractivity contribution in [2.45, 2.75) is 6.18 Å². The van der Waals surface area contributed by atoms with Crippen molar-refractivity contribution in [1.82, 2.24) is 0 Å². The summed E-state index contributed by atoms with van der Waals surface area (Å²) in [6.07, 6.45) is -4.40. The Hall–Kier alpha value is -2.70. The smallest absolute Gasteiger partial charge is 0.416 e. The summed E-state index contributed by atoms with van der Waals surface area (Å²) >= 11 is 0. The van der Waals surface area contributed by atoms with E-state index in [0.29, 0.717) is 0 Å². The number of benzene rings is 2. The zero-order chi connectivity index (χ0) is 16.3. The maximum Gasteiger partial charge on any atom is 0.416 e. The number of nitrogen functional groups attached to an aromatic ring is 1. The maximum absolute atomic E-state index is 12.5. The second-order valence-electron chi connectivity index (χ2n) is 4.36. The summed E-state index contributed by atoms with van der Waals surface area (Å²) in [5.74, 6) is -0.168. The monoisotopic (exact) mass is 311 g/mol. The van der Waals surface area contributed by atoms with E-state index in [2.05, 4.69) is 4.74 Å². The molecule has 22 heavy (non-hydrogen) atoms. The minimum Gasteiger partial charge on any atom is -0.465 e. The number of anilines is 1. The Bertz CT molecular complexity index is 681. The number of carbonyl (C=O) groups is 1. The molecule has 0 saturated carbocycles. The minimum absolute atomic E-state index is 0.118. The van der Waals surface area contributed by atoms with E-state index in [1.165, 1.54) is 37.4 Å². The molecule has 0 aliphatic rings. The van der Waals surface area contributed by atoms with E-state index in [0.717, 1.165) is 12.1 Å². The summed E-state index contributed by atoms with van der Waals surface area (Å²) < 4.78 is 47.4. The van der Waals surface area contributed by atoms with Crippen LogP contribution in [0.5, 0.6) is 11.5 Å². The van der Waals surface area contributed by atoms with Gasteiger partial charge in [0.05, 0.1) is 18.2 Å².